The topological polar surface area (TPSA) is 154 Å². The molecule has 3 aliphatic rings. The number of amides is 1. The van der Waals surface area contributed by atoms with E-state index in [0.717, 1.165) is 11.3 Å². The maximum atomic E-state index is 13.7. The Morgan fingerprint density at radius 2 is 1.82 bits per heavy atom. The van der Waals surface area contributed by atoms with Crippen LogP contribution in [0.3, 0.4) is 0 Å². The van der Waals surface area contributed by atoms with Gasteiger partial charge in [-0.05, 0) is 50.6 Å². The highest BCUT2D eigenvalue weighted by atomic mass is 16.5. The van der Waals surface area contributed by atoms with E-state index in [9.17, 15) is 29.7 Å². The van der Waals surface area contributed by atoms with Crippen molar-refractivity contribution in [1.82, 2.24) is 4.90 Å². The third kappa shape index (κ3) is 2.98. The molecule has 3 aliphatic carbocycles. The molecule has 4 atom stereocenters. The van der Waals surface area contributed by atoms with Gasteiger partial charge in [-0.15, -0.1) is 0 Å². The van der Waals surface area contributed by atoms with Gasteiger partial charge in [-0.2, -0.15) is 0 Å². The van der Waals surface area contributed by atoms with Crippen molar-refractivity contribution in [3.05, 3.63) is 45.9 Å². The number of hydrogen-bond acceptors (Lipinski definition) is 9. The molecule has 4 rings (SSSR count). The highest BCUT2D eigenvalue weighted by Crippen LogP contribution is 2.53. The summed E-state index contributed by atoms with van der Waals surface area (Å²) in [4.78, 5) is 42.5. The molecular weight excluding hydrogens is 442 g/mol. The van der Waals surface area contributed by atoms with E-state index in [-0.39, 0.29) is 17.6 Å². The second kappa shape index (κ2) is 7.85. The molecule has 0 radical (unpaired) electrons. The van der Waals surface area contributed by atoms with Gasteiger partial charge in [0, 0.05) is 31.3 Å². The van der Waals surface area contributed by atoms with Crippen LogP contribution in [0.1, 0.15) is 22.3 Å². The Kier molecular flexibility index (Phi) is 5.49. The lowest BCUT2D eigenvalue weighted by Crippen LogP contribution is -2.63. The standard InChI is InChI=1S/C24H29N3O7/c1-26(2)13-6-7-14(34-5)16-11(13)8-10-9-12-18(27(3)4)20(29)17(23(25)32)22(31)24(12,33)21(30)15(10)19(16)28/h6-7,10,12,18,29-30,33H,8-9H2,1-5H3,(H2,25,32)/t10-,12-,18?,24-/m0/s1. The van der Waals surface area contributed by atoms with E-state index < -0.39 is 58.0 Å². The van der Waals surface area contributed by atoms with Crippen LogP contribution in [0.2, 0.25) is 0 Å². The lowest BCUT2D eigenvalue weighted by atomic mass is 9.58. The van der Waals surface area contributed by atoms with E-state index in [0.29, 0.717) is 12.2 Å². The molecule has 1 amide bonds. The van der Waals surface area contributed by atoms with Crippen LogP contribution < -0.4 is 15.4 Å². The van der Waals surface area contributed by atoms with Crippen LogP contribution in [0, 0.1) is 11.8 Å². The number of anilines is 1. The minimum absolute atomic E-state index is 0.0866. The van der Waals surface area contributed by atoms with Gasteiger partial charge in [0.1, 0.15) is 22.8 Å². The molecule has 0 saturated heterocycles. The lowest BCUT2D eigenvalue weighted by molar-refractivity contribution is -0.148. The van der Waals surface area contributed by atoms with Crippen LogP contribution in [-0.2, 0) is 16.0 Å². The fourth-order valence-corrected chi connectivity index (χ4v) is 5.81. The molecule has 1 aromatic rings. The summed E-state index contributed by atoms with van der Waals surface area (Å²) in [6.07, 6.45) is 0.453. The molecule has 0 spiro atoms. The average Bonchev–Trinajstić information content (AvgIpc) is 2.74. The number of Topliss-reactive ketones (excluding diaryl/α,β-unsaturated/α-hetero) is 2. The Morgan fingerprint density at radius 1 is 1.18 bits per heavy atom. The minimum atomic E-state index is -2.59. The number of allylic oxidation sites excluding steroid dienone is 1. The van der Waals surface area contributed by atoms with Crippen LogP contribution in [-0.4, -0.2) is 84.6 Å². The van der Waals surface area contributed by atoms with Crippen molar-refractivity contribution in [1.29, 1.82) is 0 Å². The van der Waals surface area contributed by atoms with Crippen molar-refractivity contribution in [3.8, 4) is 5.75 Å². The van der Waals surface area contributed by atoms with E-state index in [4.69, 9.17) is 10.5 Å². The normalized spacial score (nSPS) is 28.5. The number of nitrogens with zero attached hydrogens (tertiary/aromatic N) is 2. The summed E-state index contributed by atoms with van der Waals surface area (Å²) >= 11 is 0. The summed E-state index contributed by atoms with van der Waals surface area (Å²) in [6, 6.07) is 2.52. The summed E-state index contributed by atoms with van der Waals surface area (Å²) in [7, 11) is 8.36. The maximum absolute atomic E-state index is 13.7. The van der Waals surface area contributed by atoms with Crippen molar-refractivity contribution in [2.75, 3.05) is 40.2 Å². The van der Waals surface area contributed by atoms with Gasteiger partial charge in [0.25, 0.3) is 5.91 Å². The quantitative estimate of drug-likeness (QED) is 0.459. The Bertz CT molecular complexity index is 1180. The van der Waals surface area contributed by atoms with Crippen molar-refractivity contribution in [3.63, 3.8) is 0 Å². The summed E-state index contributed by atoms with van der Waals surface area (Å²) in [6.45, 7) is 0. The zero-order valence-corrected chi connectivity index (χ0v) is 19.7. The number of methoxy groups -OCH3 is 1. The van der Waals surface area contributed by atoms with Gasteiger partial charge in [-0.3, -0.25) is 19.3 Å². The SMILES string of the molecule is COc1ccc(N(C)C)c2c1C(=O)C1=C(O)[C@]3(O)C(=O)C(C(N)=O)=C(O)C(N(C)C)[C@@H]3C[C@@H]1C2. The van der Waals surface area contributed by atoms with E-state index in [1.165, 1.54) is 7.11 Å². The average molecular weight is 472 g/mol. The van der Waals surface area contributed by atoms with Gasteiger partial charge in [0.2, 0.25) is 5.78 Å². The summed E-state index contributed by atoms with van der Waals surface area (Å²) in [5.41, 5.74) is 3.71. The van der Waals surface area contributed by atoms with Crippen LogP contribution in [0.25, 0.3) is 0 Å². The third-order valence-corrected chi connectivity index (χ3v) is 7.27. The van der Waals surface area contributed by atoms with Gasteiger partial charge in [0.05, 0.1) is 18.7 Å². The lowest BCUT2D eigenvalue weighted by Gasteiger charge is -2.50. The zero-order valence-electron chi connectivity index (χ0n) is 19.7. The number of aliphatic hydroxyl groups is 3. The Labute approximate surface area is 196 Å². The first-order valence-corrected chi connectivity index (χ1v) is 10.9. The molecule has 0 aliphatic heterocycles. The molecule has 10 nitrogen and oxygen atoms in total. The Hall–Kier alpha value is -3.37. The van der Waals surface area contributed by atoms with Crippen LogP contribution >= 0.6 is 0 Å². The number of likely N-dealkylation sites (N-methyl/N-ethyl adjacent to an activating group) is 1. The number of ether oxygens (including phenoxy) is 1. The number of carbonyl (C=O) groups is 3. The van der Waals surface area contributed by atoms with Crippen LogP contribution in [0.4, 0.5) is 5.69 Å². The molecule has 1 unspecified atom stereocenters. The fourth-order valence-electron chi connectivity index (χ4n) is 5.81. The molecule has 5 N–H and O–H groups in total. The number of nitrogens with two attached hydrogens (primary N) is 1. The molecule has 0 aromatic heterocycles. The van der Waals surface area contributed by atoms with Gasteiger partial charge in [-0.25, -0.2) is 0 Å². The number of carbonyl (C=O) groups excluding carboxylic acids is 3. The van der Waals surface area contributed by atoms with Crippen molar-refractivity contribution >= 4 is 23.2 Å². The van der Waals surface area contributed by atoms with E-state index in [1.54, 1.807) is 25.1 Å². The molecular formula is C24H29N3O7. The van der Waals surface area contributed by atoms with Crippen molar-refractivity contribution < 1.29 is 34.4 Å². The molecule has 0 bridgehead atoms. The Morgan fingerprint density at radius 3 is 2.35 bits per heavy atom. The van der Waals surface area contributed by atoms with Crippen molar-refractivity contribution in [2.45, 2.75) is 24.5 Å². The van der Waals surface area contributed by atoms with Crippen molar-refractivity contribution in [2.24, 2.45) is 17.6 Å². The van der Waals surface area contributed by atoms with Crippen LogP contribution in [0.15, 0.2) is 34.8 Å². The number of fused-ring (bicyclic) bond motifs is 3. The molecule has 0 heterocycles. The van der Waals surface area contributed by atoms with Gasteiger partial charge in [0.15, 0.2) is 11.4 Å². The number of rotatable bonds is 4. The number of aliphatic hydroxyl groups excluding tert-OH is 2. The first-order chi connectivity index (χ1) is 15.9. The first-order valence-electron chi connectivity index (χ1n) is 10.9. The smallest absolute Gasteiger partial charge is 0.255 e. The number of benzene rings is 1. The highest BCUT2D eigenvalue weighted by molar-refractivity contribution is 6.24. The summed E-state index contributed by atoms with van der Waals surface area (Å²) < 4.78 is 5.42. The van der Waals surface area contributed by atoms with Gasteiger partial charge in [-0.1, -0.05) is 0 Å². The van der Waals surface area contributed by atoms with E-state index >= 15 is 0 Å². The second-order valence-corrected chi connectivity index (χ2v) is 9.50. The number of ketones is 2. The predicted molar refractivity (Wildman–Crippen MR) is 123 cm³/mol. The fraction of sp³-hybridized carbons (Fsp3) is 0.458. The molecule has 182 valence electrons. The minimum Gasteiger partial charge on any atom is -0.510 e. The summed E-state index contributed by atoms with van der Waals surface area (Å²) in [5.74, 6) is -5.57. The molecule has 1 aromatic carbocycles. The number of primary amides is 1. The molecule has 0 saturated carbocycles. The maximum Gasteiger partial charge on any atom is 0.255 e. The molecule has 10 heteroatoms. The largest absolute Gasteiger partial charge is 0.510 e. The van der Waals surface area contributed by atoms with Crippen LogP contribution in [0.5, 0.6) is 5.75 Å². The summed E-state index contributed by atoms with van der Waals surface area (Å²) in [5, 5.41) is 33.7. The monoisotopic (exact) mass is 471 g/mol. The molecule has 0 fully saturated rings. The molecule has 34 heavy (non-hydrogen) atoms. The Balaban J connectivity index is 1.98. The second-order valence-electron chi connectivity index (χ2n) is 9.50. The third-order valence-electron chi connectivity index (χ3n) is 7.27. The van der Waals surface area contributed by atoms with E-state index in [1.807, 2.05) is 25.1 Å². The van der Waals surface area contributed by atoms with Gasteiger partial charge < -0.3 is 30.7 Å². The van der Waals surface area contributed by atoms with Gasteiger partial charge >= 0.3 is 0 Å². The first kappa shape index (κ1) is 23.8. The zero-order chi connectivity index (χ0) is 25.3. The highest BCUT2D eigenvalue weighted by Gasteiger charge is 2.63. The number of hydrogen-bond donors (Lipinski definition) is 4. The van der Waals surface area contributed by atoms with E-state index in [2.05, 4.69) is 0 Å². The predicted octanol–water partition coefficient (Wildman–Crippen LogP) is 0.490.